The van der Waals surface area contributed by atoms with Crippen LogP contribution in [0.4, 0.5) is 29.5 Å². The predicted molar refractivity (Wildman–Crippen MR) is 222 cm³/mol. The number of alkyl halides is 1. The number of aromatic nitrogens is 4. The van der Waals surface area contributed by atoms with Crippen LogP contribution in [0.15, 0.2) is 59.7 Å². The van der Waals surface area contributed by atoms with E-state index in [2.05, 4.69) is 25.0 Å². The number of carbonyl (C=O) groups excluding carboxylic acids is 2. The first-order chi connectivity index (χ1) is 28.9. The molecule has 2 aromatic heterocycles. The Bertz CT molecular complexity index is 2570. The van der Waals surface area contributed by atoms with Crippen molar-refractivity contribution in [3.63, 3.8) is 0 Å². The fourth-order valence-electron chi connectivity index (χ4n) is 8.71. The highest BCUT2D eigenvalue weighted by atomic mass is 32.2. The zero-order chi connectivity index (χ0) is 42.3. The number of ether oxygens (including phenoxy) is 1. The number of amides is 3. The number of nitriles is 1. The number of imide groups is 1. The molecule has 2 unspecified atom stereocenters. The normalized spacial score (nSPS) is 20.3. The zero-order valence-electron chi connectivity index (χ0n) is 33.5. The van der Waals surface area contributed by atoms with E-state index in [1.54, 1.807) is 46.9 Å². The minimum atomic E-state index is -0.723. The highest BCUT2D eigenvalue weighted by Crippen LogP contribution is 2.55. The van der Waals surface area contributed by atoms with Gasteiger partial charge in [0.25, 0.3) is 5.56 Å². The van der Waals surface area contributed by atoms with E-state index in [0.29, 0.717) is 34.2 Å². The van der Waals surface area contributed by atoms with Gasteiger partial charge in [0.05, 0.1) is 28.4 Å². The van der Waals surface area contributed by atoms with Crippen LogP contribution in [0.5, 0.6) is 11.5 Å². The number of likely N-dealkylation sites (tertiary alicyclic amines) is 1. The van der Waals surface area contributed by atoms with Crippen molar-refractivity contribution in [3.05, 3.63) is 82.4 Å². The summed E-state index contributed by atoms with van der Waals surface area (Å²) < 4.78 is 56.7. The second-order valence-corrected chi connectivity index (χ2v) is 17.0. The molecular formula is C42H45F3N10O4S. The molecule has 2 N–H and O–H groups in total. The Morgan fingerprint density at radius 2 is 1.85 bits per heavy atom. The lowest BCUT2D eigenvalue weighted by molar-refractivity contribution is -0.125. The molecule has 2 aliphatic carbocycles. The molecule has 3 amide bonds. The third-order valence-electron chi connectivity index (χ3n) is 12.0. The number of aryl methyl sites for hydroxylation is 1. The maximum atomic E-state index is 14.8. The van der Waals surface area contributed by atoms with E-state index in [-0.39, 0.29) is 59.0 Å². The van der Waals surface area contributed by atoms with Crippen LogP contribution >= 0.6 is 12.1 Å². The Kier molecular flexibility index (Phi) is 11.5. The third-order valence-corrected chi connectivity index (χ3v) is 12.9. The lowest BCUT2D eigenvalue weighted by Gasteiger charge is -2.61. The molecule has 18 heteroatoms. The Hall–Kier alpha value is -5.64. The van der Waals surface area contributed by atoms with Gasteiger partial charge in [-0.1, -0.05) is 19.8 Å². The number of carbonyl (C=O) groups is 2. The molecule has 9 rings (SSSR count). The van der Waals surface area contributed by atoms with E-state index in [0.717, 1.165) is 57.3 Å². The molecule has 0 radical (unpaired) electrons. The molecule has 4 heterocycles. The standard InChI is InChI=1S/C30H34F2N6O2S.C12H11FN4O2/c1-3-36(2)41-35-26-11-9-24(32)28(22(26)15-33)40-20-8-10-25-21(12-20)29(39)38(18-34-25)19-13-30(14-19)16-37(17-30)27-7-5-4-6-23(27)31;1-16-9-3-2-7(13)6-8(9)11(15-16)17-5-4-10(18)14-12(17)19/h8-12,18-19,23,27,35H,3-7,13-14,16-17H2,1-2H3;2-3,6H,4-5H2,1H3,(H,14,18,19). The first-order valence-corrected chi connectivity index (χ1v) is 20.8. The van der Waals surface area contributed by atoms with E-state index in [1.165, 1.54) is 41.3 Å². The Labute approximate surface area is 348 Å². The maximum absolute atomic E-state index is 14.8. The number of halogens is 3. The van der Waals surface area contributed by atoms with Crippen LogP contribution in [0.1, 0.15) is 63.5 Å². The van der Waals surface area contributed by atoms with Gasteiger partial charge < -0.3 is 9.46 Å². The molecule has 3 aromatic carbocycles. The molecule has 60 heavy (non-hydrogen) atoms. The SMILES string of the molecule is CCN(C)SNc1ccc(F)c(Oc2ccc3ncn(C4CC5(C4)CN(C4CCCCC4F)C5)c(=O)c3c2)c1C#N.Cn1nc(N2CCC(=O)NC2=O)c2cc(F)ccc21. The third kappa shape index (κ3) is 8.00. The van der Waals surface area contributed by atoms with Crippen molar-refractivity contribution in [2.45, 2.75) is 70.1 Å². The topological polar surface area (TPSA) is 154 Å². The van der Waals surface area contributed by atoms with Crippen molar-refractivity contribution in [1.29, 1.82) is 5.26 Å². The molecular weight excluding hydrogens is 798 g/mol. The van der Waals surface area contributed by atoms with Crippen molar-refractivity contribution in [1.82, 2.24) is 33.9 Å². The zero-order valence-corrected chi connectivity index (χ0v) is 34.3. The molecule has 2 atom stereocenters. The van der Waals surface area contributed by atoms with Crippen LogP contribution in [0.25, 0.3) is 21.8 Å². The lowest BCUT2D eigenvalue weighted by Crippen LogP contribution is -2.66. The molecule has 5 aromatic rings. The highest BCUT2D eigenvalue weighted by molar-refractivity contribution is 7.98. The van der Waals surface area contributed by atoms with Crippen LogP contribution in [-0.4, -0.2) is 85.9 Å². The van der Waals surface area contributed by atoms with Gasteiger partial charge in [-0.25, -0.2) is 27.3 Å². The summed E-state index contributed by atoms with van der Waals surface area (Å²) in [4.78, 5) is 44.6. The summed E-state index contributed by atoms with van der Waals surface area (Å²) >= 11 is 1.29. The van der Waals surface area contributed by atoms with Gasteiger partial charge in [-0.2, -0.15) is 10.4 Å². The molecule has 4 fully saturated rings. The molecule has 314 valence electrons. The molecule has 2 saturated heterocycles. The molecule has 14 nitrogen and oxygen atoms in total. The number of hydrogen-bond donors (Lipinski definition) is 2. The molecule has 2 aliphatic heterocycles. The van der Waals surface area contributed by atoms with Gasteiger partial charge in [-0.05, 0) is 86.7 Å². The van der Waals surface area contributed by atoms with Crippen LogP contribution in [0.2, 0.25) is 0 Å². The van der Waals surface area contributed by atoms with Crippen molar-refractivity contribution < 1.29 is 27.5 Å². The average Bonchev–Trinajstić information content (AvgIpc) is 3.52. The molecule has 4 aliphatic rings. The smallest absolute Gasteiger partial charge is 0.329 e. The summed E-state index contributed by atoms with van der Waals surface area (Å²) in [6.45, 7) is 4.80. The van der Waals surface area contributed by atoms with E-state index in [9.17, 15) is 32.8 Å². The summed E-state index contributed by atoms with van der Waals surface area (Å²) in [5.41, 5.74) is 1.69. The highest BCUT2D eigenvalue weighted by Gasteiger charge is 2.55. The van der Waals surface area contributed by atoms with Gasteiger partial charge in [0.1, 0.15) is 29.4 Å². The largest absolute Gasteiger partial charge is 0.453 e. The molecule has 0 bridgehead atoms. The number of anilines is 2. The van der Waals surface area contributed by atoms with Crippen LogP contribution in [0.3, 0.4) is 0 Å². The van der Waals surface area contributed by atoms with Gasteiger partial charge in [0.2, 0.25) is 5.91 Å². The van der Waals surface area contributed by atoms with Crippen LogP contribution < -0.4 is 25.2 Å². The minimum absolute atomic E-state index is 0.0345. The molecule has 2 saturated carbocycles. The number of benzene rings is 3. The van der Waals surface area contributed by atoms with E-state index in [4.69, 9.17) is 4.74 Å². The summed E-state index contributed by atoms with van der Waals surface area (Å²) in [5, 5.41) is 17.2. The summed E-state index contributed by atoms with van der Waals surface area (Å²) in [5.74, 6) is -0.978. The summed E-state index contributed by atoms with van der Waals surface area (Å²) in [7, 11) is 3.61. The van der Waals surface area contributed by atoms with Crippen LogP contribution in [0, 0.1) is 28.4 Å². The lowest BCUT2D eigenvalue weighted by atomic mass is 9.60. The number of hydrogen-bond acceptors (Lipinski definition) is 11. The average molecular weight is 843 g/mol. The van der Waals surface area contributed by atoms with Gasteiger partial charge in [0.15, 0.2) is 17.4 Å². The number of urea groups is 1. The summed E-state index contributed by atoms with van der Waals surface area (Å²) in [6, 6.07) is 13.5. The first kappa shape index (κ1) is 41.1. The summed E-state index contributed by atoms with van der Waals surface area (Å²) in [6.07, 6.45) is 6.53. The van der Waals surface area contributed by atoms with Crippen molar-refractivity contribution in [2.24, 2.45) is 12.5 Å². The minimum Gasteiger partial charge on any atom is -0.453 e. The van der Waals surface area contributed by atoms with E-state index >= 15 is 0 Å². The fourth-order valence-corrected chi connectivity index (χ4v) is 9.26. The van der Waals surface area contributed by atoms with Gasteiger partial charge in [-0.3, -0.25) is 34.0 Å². The first-order valence-electron chi connectivity index (χ1n) is 20.0. The monoisotopic (exact) mass is 842 g/mol. The fraction of sp³-hybridized carbons (Fsp3) is 0.429. The Balaban J connectivity index is 0.000000218. The second-order valence-electron chi connectivity index (χ2n) is 16.0. The number of nitrogens with zero attached hydrogens (tertiary/aromatic N) is 8. The van der Waals surface area contributed by atoms with Gasteiger partial charge in [-0.15, -0.1) is 0 Å². The number of nitrogens with one attached hydrogen (secondary N) is 2. The maximum Gasteiger partial charge on any atom is 0.329 e. The molecule has 1 spiro atoms. The number of fused-ring (bicyclic) bond motifs is 2. The van der Waals surface area contributed by atoms with E-state index in [1.807, 2.05) is 24.3 Å². The second kappa shape index (κ2) is 16.8. The van der Waals surface area contributed by atoms with Gasteiger partial charge in [0, 0.05) is 69.3 Å². The van der Waals surface area contributed by atoms with Gasteiger partial charge >= 0.3 is 6.03 Å². The van der Waals surface area contributed by atoms with E-state index < -0.39 is 23.8 Å². The van der Waals surface area contributed by atoms with Crippen molar-refractivity contribution in [3.8, 4) is 17.6 Å². The quantitative estimate of drug-likeness (QED) is 0.145. The Morgan fingerprint density at radius 1 is 1.07 bits per heavy atom. The Morgan fingerprint density at radius 3 is 2.58 bits per heavy atom. The predicted octanol–water partition coefficient (Wildman–Crippen LogP) is 7.20. The number of rotatable bonds is 9. The van der Waals surface area contributed by atoms with Crippen molar-refractivity contribution >= 4 is 57.4 Å². The van der Waals surface area contributed by atoms with Crippen LogP contribution in [-0.2, 0) is 11.8 Å². The van der Waals surface area contributed by atoms with Crippen molar-refractivity contribution in [2.75, 3.05) is 42.8 Å².